The number of fused-ring (bicyclic) bond motifs is 1. The lowest BCUT2D eigenvalue weighted by Gasteiger charge is -2.40. The first-order valence-electron chi connectivity index (χ1n) is 7.69. The van der Waals surface area contributed by atoms with Gasteiger partial charge in [0.25, 0.3) is 0 Å². The number of nitrogens with zero attached hydrogens (tertiary/aromatic N) is 1. The second-order valence-corrected chi connectivity index (χ2v) is 7.39. The third-order valence-electron chi connectivity index (χ3n) is 4.60. The summed E-state index contributed by atoms with van der Waals surface area (Å²) in [5.41, 5.74) is 0. The maximum atomic E-state index is 4.30. The van der Waals surface area contributed by atoms with E-state index in [1.165, 1.54) is 43.4 Å². The maximum Gasteiger partial charge on any atom is 0.0897 e. The van der Waals surface area contributed by atoms with E-state index in [2.05, 4.69) is 22.5 Å². The fourth-order valence-electron chi connectivity index (χ4n) is 3.59. The van der Waals surface area contributed by atoms with Crippen LogP contribution in [0.5, 0.6) is 0 Å². The highest BCUT2D eigenvalue weighted by molar-refractivity contribution is 7.11. The van der Waals surface area contributed by atoms with Crippen LogP contribution in [0.2, 0.25) is 0 Å². The molecule has 0 amide bonds. The van der Waals surface area contributed by atoms with Gasteiger partial charge in [-0.05, 0) is 38.5 Å². The van der Waals surface area contributed by atoms with Crippen LogP contribution in [0, 0.1) is 12.8 Å². The van der Waals surface area contributed by atoms with Crippen LogP contribution in [0.3, 0.4) is 0 Å². The van der Waals surface area contributed by atoms with Gasteiger partial charge in [-0.2, -0.15) is 0 Å². The molecule has 1 aromatic heterocycles. The van der Waals surface area contributed by atoms with Crippen LogP contribution in [0.25, 0.3) is 0 Å². The van der Waals surface area contributed by atoms with Crippen molar-refractivity contribution < 1.29 is 0 Å². The smallest absolute Gasteiger partial charge is 0.0897 e. The van der Waals surface area contributed by atoms with Crippen LogP contribution in [0.15, 0.2) is 6.20 Å². The zero-order valence-corrected chi connectivity index (χ0v) is 12.6. The third kappa shape index (κ3) is 3.56. The molecular formula is C15H25N3S. The second-order valence-electron chi connectivity index (χ2n) is 6.07. The normalized spacial score (nSPS) is 31.1. The molecule has 0 spiro atoms. The van der Waals surface area contributed by atoms with Crippen LogP contribution in [0.4, 0.5) is 0 Å². The average Bonchev–Trinajstić information content (AvgIpc) is 2.84. The van der Waals surface area contributed by atoms with E-state index < -0.39 is 0 Å². The summed E-state index contributed by atoms with van der Waals surface area (Å²) >= 11 is 1.80. The van der Waals surface area contributed by atoms with Crippen LogP contribution in [-0.4, -0.2) is 23.6 Å². The number of nitrogens with one attached hydrogen (secondary N) is 2. The maximum absolute atomic E-state index is 4.30. The molecule has 2 aliphatic rings. The van der Waals surface area contributed by atoms with Gasteiger partial charge in [-0.3, -0.25) is 0 Å². The fourth-order valence-corrected chi connectivity index (χ4v) is 4.36. The quantitative estimate of drug-likeness (QED) is 0.890. The highest BCUT2D eigenvalue weighted by atomic mass is 32.1. The molecule has 1 aliphatic carbocycles. The first-order chi connectivity index (χ1) is 9.31. The molecule has 2 N–H and O–H groups in total. The summed E-state index contributed by atoms with van der Waals surface area (Å²) in [5.74, 6) is 0.967. The molecule has 106 valence electrons. The average molecular weight is 279 g/mol. The molecule has 1 aliphatic heterocycles. The van der Waals surface area contributed by atoms with Crippen LogP contribution >= 0.6 is 11.3 Å². The Bertz CT molecular complexity index is 404. The van der Waals surface area contributed by atoms with Gasteiger partial charge in [-0.25, -0.2) is 4.98 Å². The lowest BCUT2D eigenvalue weighted by molar-refractivity contribution is 0.174. The summed E-state index contributed by atoms with van der Waals surface area (Å²) < 4.78 is 0. The minimum absolute atomic E-state index is 0.674. The number of thiazole rings is 1. The van der Waals surface area contributed by atoms with Gasteiger partial charge in [-0.1, -0.05) is 12.8 Å². The highest BCUT2D eigenvalue weighted by Gasteiger charge is 2.31. The van der Waals surface area contributed by atoms with Crippen LogP contribution in [-0.2, 0) is 6.54 Å². The predicted molar refractivity (Wildman–Crippen MR) is 80.5 cm³/mol. The van der Waals surface area contributed by atoms with Crippen molar-refractivity contribution in [3.63, 3.8) is 0 Å². The SMILES string of the molecule is Cc1ncc(CNCC2CCC3CCCCC3N2)s1. The Morgan fingerprint density at radius 1 is 1.32 bits per heavy atom. The van der Waals surface area contributed by atoms with Crippen molar-refractivity contribution in [2.24, 2.45) is 5.92 Å². The molecule has 0 aromatic carbocycles. The number of aromatic nitrogens is 1. The molecule has 3 nitrogen and oxygen atoms in total. The largest absolute Gasteiger partial charge is 0.310 e. The lowest BCUT2D eigenvalue weighted by atomic mass is 9.78. The van der Waals surface area contributed by atoms with Crippen molar-refractivity contribution in [3.05, 3.63) is 16.1 Å². The standard InChI is InChI=1S/C15H25N3S/c1-11-17-10-14(19-11)9-16-8-13-7-6-12-4-2-3-5-15(12)18-13/h10,12-13,15-16,18H,2-9H2,1H3. The molecule has 0 radical (unpaired) electrons. The number of aryl methyl sites for hydroxylation is 1. The molecule has 1 saturated carbocycles. The molecule has 1 aromatic rings. The van der Waals surface area contributed by atoms with Crippen LogP contribution < -0.4 is 10.6 Å². The van der Waals surface area contributed by atoms with E-state index in [1.54, 1.807) is 11.3 Å². The Morgan fingerprint density at radius 3 is 3.05 bits per heavy atom. The Hall–Kier alpha value is -0.450. The number of hydrogen-bond donors (Lipinski definition) is 2. The predicted octanol–water partition coefficient (Wildman–Crippen LogP) is 2.85. The van der Waals surface area contributed by atoms with E-state index in [0.717, 1.165) is 30.1 Å². The fraction of sp³-hybridized carbons (Fsp3) is 0.800. The zero-order valence-electron chi connectivity index (χ0n) is 11.8. The topological polar surface area (TPSA) is 37.0 Å². The molecule has 2 heterocycles. The molecule has 2 fully saturated rings. The third-order valence-corrected chi connectivity index (χ3v) is 5.52. The van der Waals surface area contributed by atoms with E-state index in [-0.39, 0.29) is 0 Å². The Kier molecular flexibility index (Phi) is 4.51. The van der Waals surface area contributed by atoms with E-state index >= 15 is 0 Å². The Morgan fingerprint density at radius 2 is 2.21 bits per heavy atom. The van der Waals surface area contributed by atoms with Crippen molar-refractivity contribution in [1.29, 1.82) is 0 Å². The number of rotatable bonds is 4. The Labute approximate surface area is 120 Å². The van der Waals surface area contributed by atoms with Gasteiger partial charge in [0.15, 0.2) is 0 Å². The van der Waals surface area contributed by atoms with Crippen molar-refractivity contribution in [2.75, 3.05) is 6.54 Å². The van der Waals surface area contributed by atoms with Crippen LogP contribution in [0.1, 0.15) is 48.4 Å². The number of piperidine rings is 1. The number of hydrogen-bond acceptors (Lipinski definition) is 4. The second kappa shape index (κ2) is 6.33. The zero-order chi connectivity index (χ0) is 13.1. The molecule has 19 heavy (non-hydrogen) atoms. The van der Waals surface area contributed by atoms with Crippen molar-refractivity contribution in [2.45, 2.75) is 64.1 Å². The van der Waals surface area contributed by atoms with Crippen molar-refractivity contribution in [1.82, 2.24) is 15.6 Å². The first-order valence-corrected chi connectivity index (χ1v) is 8.51. The molecular weight excluding hydrogens is 254 g/mol. The van der Waals surface area contributed by atoms with Crippen molar-refractivity contribution >= 4 is 11.3 Å². The summed E-state index contributed by atoms with van der Waals surface area (Å²) in [6.07, 6.45) is 10.5. The highest BCUT2D eigenvalue weighted by Crippen LogP contribution is 2.32. The van der Waals surface area contributed by atoms with E-state index in [0.29, 0.717) is 6.04 Å². The Balaban J connectivity index is 1.41. The molecule has 0 bridgehead atoms. The minimum atomic E-state index is 0.674. The van der Waals surface area contributed by atoms with Gasteiger partial charge in [-0.15, -0.1) is 11.3 Å². The van der Waals surface area contributed by atoms with Gasteiger partial charge >= 0.3 is 0 Å². The summed E-state index contributed by atoms with van der Waals surface area (Å²) in [7, 11) is 0. The molecule has 3 atom stereocenters. The monoisotopic (exact) mass is 279 g/mol. The van der Waals surface area contributed by atoms with E-state index in [1.807, 2.05) is 6.20 Å². The van der Waals surface area contributed by atoms with Gasteiger partial charge in [0, 0.05) is 36.2 Å². The minimum Gasteiger partial charge on any atom is -0.310 e. The first kappa shape index (κ1) is 13.5. The van der Waals surface area contributed by atoms with Gasteiger partial charge in [0.05, 0.1) is 5.01 Å². The van der Waals surface area contributed by atoms with E-state index in [9.17, 15) is 0 Å². The lowest BCUT2D eigenvalue weighted by Crippen LogP contribution is -2.52. The van der Waals surface area contributed by atoms with Gasteiger partial charge in [0.1, 0.15) is 0 Å². The molecule has 3 unspecified atom stereocenters. The molecule has 3 rings (SSSR count). The molecule has 1 saturated heterocycles. The summed E-state index contributed by atoms with van der Waals surface area (Å²) in [6.45, 7) is 4.14. The van der Waals surface area contributed by atoms with Crippen molar-refractivity contribution in [3.8, 4) is 0 Å². The van der Waals surface area contributed by atoms with Gasteiger partial charge < -0.3 is 10.6 Å². The van der Waals surface area contributed by atoms with E-state index in [4.69, 9.17) is 0 Å². The summed E-state index contributed by atoms with van der Waals surface area (Å²) in [5, 5.41) is 8.62. The summed E-state index contributed by atoms with van der Waals surface area (Å²) in [4.78, 5) is 5.65. The van der Waals surface area contributed by atoms with Gasteiger partial charge in [0.2, 0.25) is 0 Å². The summed E-state index contributed by atoms with van der Waals surface area (Å²) in [6, 6.07) is 1.48. The molecule has 4 heteroatoms.